The molecule has 1 aromatic rings. The summed E-state index contributed by atoms with van der Waals surface area (Å²) in [5.74, 6) is -0.00270. The Kier molecular flexibility index (Phi) is 4.80. The second kappa shape index (κ2) is 6.22. The van der Waals surface area contributed by atoms with E-state index < -0.39 is 10.0 Å². The van der Waals surface area contributed by atoms with Gasteiger partial charge >= 0.3 is 0 Å². The van der Waals surface area contributed by atoms with Gasteiger partial charge in [0, 0.05) is 25.7 Å². The SMILES string of the molecule is CC1CN(S(=O)(=O)Cc2cccc(CO)c2)CCN1C. The van der Waals surface area contributed by atoms with Gasteiger partial charge in [0.05, 0.1) is 12.4 Å². The molecular weight excluding hydrogens is 276 g/mol. The molecule has 1 atom stereocenters. The fraction of sp³-hybridized carbons (Fsp3) is 0.571. The Morgan fingerprint density at radius 2 is 2.00 bits per heavy atom. The number of likely N-dealkylation sites (N-methyl/N-ethyl adjacent to an activating group) is 1. The van der Waals surface area contributed by atoms with Crippen molar-refractivity contribution in [3.63, 3.8) is 0 Å². The van der Waals surface area contributed by atoms with E-state index in [4.69, 9.17) is 5.11 Å². The van der Waals surface area contributed by atoms with Gasteiger partial charge in [-0.05, 0) is 25.1 Å². The zero-order valence-electron chi connectivity index (χ0n) is 12.0. The smallest absolute Gasteiger partial charge is 0.218 e. The van der Waals surface area contributed by atoms with E-state index in [-0.39, 0.29) is 18.4 Å². The maximum atomic E-state index is 12.5. The summed E-state index contributed by atoms with van der Waals surface area (Å²) in [6, 6.07) is 7.34. The summed E-state index contributed by atoms with van der Waals surface area (Å²) in [6.45, 7) is 3.81. The van der Waals surface area contributed by atoms with Crippen molar-refractivity contribution in [1.29, 1.82) is 0 Å². The zero-order valence-corrected chi connectivity index (χ0v) is 12.8. The monoisotopic (exact) mass is 298 g/mol. The summed E-state index contributed by atoms with van der Waals surface area (Å²) in [7, 11) is -1.28. The molecule has 0 radical (unpaired) electrons. The van der Waals surface area contributed by atoms with Crippen LogP contribution >= 0.6 is 0 Å². The Balaban J connectivity index is 2.10. The first-order valence-electron chi connectivity index (χ1n) is 6.79. The fourth-order valence-corrected chi connectivity index (χ4v) is 3.97. The quantitative estimate of drug-likeness (QED) is 0.886. The van der Waals surface area contributed by atoms with Crippen LogP contribution in [0.3, 0.4) is 0 Å². The first-order chi connectivity index (χ1) is 9.42. The summed E-state index contributed by atoms with van der Waals surface area (Å²) in [4.78, 5) is 2.17. The van der Waals surface area contributed by atoms with Crippen LogP contribution in [0.25, 0.3) is 0 Å². The number of nitrogens with zero attached hydrogens (tertiary/aromatic N) is 2. The van der Waals surface area contributed by atoms with E-state index >= 15 is 0 Å². The maximum absolute atomic E-state index is 12.5. The van der Waals surface area contributed by atoms with E-state index in [1.165, 1.54) is 0 Å². The number of sulfonamides is 1. The lowest BCUT2D eigenvalue weighted by Crippen LogP contribution is -2.52. The molecule has 6 heteroatoms. The molecule has 0 aliphatic carbocycles. The van der Waals surface area contributed by atoms with Gasteiger partial charge in [-0.15, -0.1) is 0 Å². The molecule has 1 aromatic carbocycles. The number of rotatable bonds is 4. The molecule has 0 saturated carbocycles. The minimum absolute atomic E-state index is 0.00270. The van der Waals surface area contributed by atoms with E-state index in [2.05, 4.69) is 4.90 Å². The molecule has 20 heavy (non-hydrogen) atoms. The van der Waals surface area contributed by atoms with Crippen LogP contribution in [0.4, 0.5) is 0 Å². The van der Waals surface area contributed by atoms with Crippen LogP contribution in [0.2, 0.25) is 0 Å². The van der Waals surface area contributed by atoms with E-state index in [1.54, 1.807) is 28.6 Å². The Labute approximate surface area is 120 Å². The van der Waals surface area contributed by atoms with Gasteiger partial charge in [-0.25, -0.2) is 8.42 Å². The van der Waals surface area contributed by atoms with Crippen LogP contribution < -0.4 is 0 Å². The first-order valence-corrected chi connectivity index (χ1v) is 8.40. The van der Waals surface area contributed by atoms with Crippen LogP contribution in [-0.2, 0) is 22.4 Å². The molecule has 5 nitrogen and oxygen atoms in total. The van der Waals surface area contributed by atoms with Crippen molar-refractivity contribution in [3.05, 3.63) is 35.4 Å². The van der Waals surface area contributed by atoms with Gasteiger partial charge in [0.25, 0.3) is 0 Å². The Morgan fingerprint density at radius 1 is 1.30 bits per heavy atom. The Morgan fingerprint density at radius 3 is 2.65 bits per heavy atom. The lowest BCUT2D eigenvalue weighted by molar-refractivity contribution is 0.159. The fourth-order valence-electron chi connectivity index (χ4n) is 2.39. The molecular formula is C14H22N2O3S. The van der Waals surface area contributed by atoms with Crippen molar-refractivity contribution < 1.29 is 13.5 Å². The maximum Gasteiger partial charge on any atom is 0.218 e. The average molecular weight is 298 g/mol. The molecule has 0 amide bonds. The highest BCUT2D eigenvalue weighted by Gasteiger charge is 2.29. The van der Waals surface area contributed by atoms with E-state index in [9.17, 15) is 8.42 Å². The standard InChI is InChI=1S/C14H22N2O3S/c1-12-9-16(7-6-15(12)2)20(18,19)11-14-5-3-4-13(8-14)10-17/h3-5,8,12,17H,6-7,9-11H2,1-2H3. The highest BCUT2D eigenvalue weighted by atomic mass is 32.2. The van der Waals surface area contributed by atoms with E-state index in [0.717, 1.165) is 17.7 Å². The van der Waals surface area contributed by atoms with Crippen molar-refractivity contribution in [2.24, 2.45) is 0 Å². The number of hydrogen-bond donors (Lipinski definition) is 1. The summed E-state index contributed by atoms with van der Waals surface area (Å²) in [6.07, 6.45) is 0. The molecule has 2 rings (SSSR count). The third kappa shape index (κ3) is 3.58. The third-order valence-electron chi connectivity index (χ3n) is 3.84. The van der Waals surface area contributed by atoms with Crippen molar-refractivity contribution in [3.8, 4) is 0 Å². The van der Waals surface area contributed by atoms with Crippen LogP contribution in [0.1, 0.15) is 18.1 Å². The van der Waals surface area contributed by atoms with Crippen LogP contribution in [0.15, 0.2) is 24.3 Å². The molecule has 0 aromatic heterocycles. The third-order valence-corrected chi connectivity index (χ3v) is 5.66. The molecule has 112 valence electrons. The second-order valence-electron chi connectivity index (χ2n) is 5.42. The Bertz CT molecular complexity index is 559. The average Bonchev–Trinajstić information content (AvgIpc) is 2.41. The molecule has 0 bridgehead atoms. The van der Waals surface area contributed by atoms with Crippen LogP contribution in [-0.4, -0.2) is 55.5 Å². The highest BCUT2D eigenvalue weighted by Crippen LogP contribution is 2.16. The second-order valence-corrected chi connectivity index (χ2v) is 7.39. The molecule has 1 N–H and O–H groups in total. The molecule has 1 fully saturated rings. The lowest BCUT2D eigenvalue weighted by Gasteiger charge is -2.36. The zero-order chi connectivity index (χ0) is 14.8. The van der Waals surface area contributed by atoms with Crippen LogP contribution in [0.5, 0.6) is 0 Å². The number of piperazine rings is 1. The lowest BCUT2D eigenvalue weighted by atomic mass is 10.1. The van der Waals surface area contributed by atoms with Gasteiger partial charge < -0.3 is 10.0 Å². The first kappa shape index (κ1) is 15.4. The van der Waals surface area contributed by atoms with Gasteiger partial charge in [0.15, 0.2) is 0 Å². The largest absolute Gasteiger partial charge is 0.392 e. The van der Waals surface area contributed by atoms with Gasteiger partial charge in [-0.1, -0.05) is 24.3 Å². The Hall–Kier alpha value is -0.950. The summed E-state index contributed by atoms with van der Waals surface area (Å²) < 4.78 is 26.5. The van der Waals surface area contributed by atoms with Crippen LogP contribution in [0, 0.1) is 0 Å². The van der Waals surface area contributed by atoms with E-state index in [1.807, 2.05) is 14.0 Å². The van der Waals surface area contributed by atoms with Gasteiger partial charge in [0.2, 0.25) is 10.0 Å². The number of aliphatic hydroxyl groups excluding tert-OH is 1. The topological polar surface area (TPSA) is 60.9 Å². The number of benzene rings is 1. The van der Waals surface area contributed by atoms with Crippen molar-refractivity contribution in [1.82, 2.24) is 9.21 Å². The molecule has 0 spiro atoms. The van der Waals surface area contributed by atoms with Gasteiger partial charge in [-0.2, -0.15) is 4.31 Å². The normalized spacial score (nSPS) is 22.1. The number of hydrogen-bond acceptors (Lipinski definition) is 4. The molecule has 1 aliphatic heterocycles. The molecule has 1 aliphatic rings. The number of aliphatic hydroxyl groups is 1. The summed E-state index contributed by atoms with van der Waals surface area (Å²) >= 11 is 0. The van der Waals surface area contributed by atoms with Gasteiger partial charge in [0.1, 0.15) is 0 Å². The van der Waals surface area contributed by atoms with Crippen molar-refractivity contribution >= 4 is 10.0 Å². The van der Waals surface area contributed by atoms with Gasteiger partial charge in [-0.3, -0.25) is 0 Å². The summed E-state index contributed by atoms with van der Waals surface area (Å²) in [5, 5.41) is 9.11. The van der Waals surface area contributed by atoms with Crippen molar-refractivity contribution in [2.45, 2.75) is 25.3 Å². The minimum atomic E-state index is -3.29. The predicted octanol–water partition coefficient (Wildman–Crippen LogP) is 0.645. The summed E-state index contributed by atoms with van der Waals surface area (Å²) in [5.41, 5.74) is 1.47. The van der Waals surface area contributed by atoms with Crippen molar-refractivity contribution in [2.75, 3.05) is 26.7 Å². The predicted molar refractivity (Wildman–Crippen MR) is 78.7 cm³/mol. The highest BCUT2D eigenvalue weighted by molar-refractivity contribution is 7.88. The minimum Gasteiger partial charge on any atom is -0.392 e. The molecule has 1 saturated heterocycles. The van der Waals surface area contributed by atoms with E-state index in [0.29, 0.717) is 13.1 Å². The molecule has 1 heterocycles. The molecule has 1 unspecified atom stereocenters.